The summed E-state index contributed by atoms with van der Waals surface area (Å²) in [4.78, 5) is 1.23. The van der Waals surface area contributed by atoms with E-state index in [9.17, 15) is 0 Å². The molecule has 0 aromatic carbocycles. The van der Waals surface area contributed by atoms with E-state index >= 15 is 0 Å². The van der Waals surface area contributed by atoms with E-state index in [2.05, 4.69) is 55.2 Å². The second-order valence-electron chi connectivity index (χ2n) is 1.87. The van der Waals surface area contributed by atoms with Crippen molar-refractivity contribution >= 4 is 22.0 Å². The van der Waals surface area contributed by atoms with Crippen LogP contribution in [0.3, 0.4) is 0 Å². The zero-order valence-electron chi connectivity index (χ0n) is 10.7. The Morgan fingerprint density at radius 3 is 1.76 bits per heavy atom. The van der Waals surface area contributed by atoms with Crippen LogP contribution in [0, 0.1) is 33.3 Å². The molecule has 0 aliphatic rings. The van der Waals surface area contributed by atoms with Gasteiger partial charge in [0.25, 0.3) is 0 Å². The monoisotopic (exact) mass is 344 g/mol. The number of hydrogen-bond acceptors (Lipinski definition) is 2. The first kappa shape index (κ1) is 31.7. The number of thiophene rings is 1. The predicted octanol–water partition coefficient (Wildman–Crippen LogP) is 1.90. The fourth-order valence-corrected chi connectivity index (χ4v) is 1.33. The summed E-state index contributed by atoms with van der Waals surface area (Å²) in [6.45, 7) is 22.5. The molecule has 21 heavy (non-hydrogen) atoms. The maximum absolute atomic E-state index is 7.50. The summed E-state index contributed by atoms with van der Waals surface area (Å²) >= 11 is 4.51. The van der Waals surface area contributed by atoms with Crippen molar-refractivity contribution in [3.05, 3.63) is 61.7 Å². The summed E-state index contributed by atoms with van der Waals surface area (Å²) in [6, 6.07) is 4.08. The van der Waals surface area contributed by atoms with Crippen LogP contribution >= 0.6 is 11.3 Å². The molecule has 0 saturated carbocycles. The molecule has 0 atom stereocenters. The summed E-state index contributed by atoms with van der Waals surface area (Å²) in [6.07, 6.45) is 3.92. The van der Waals surface area contributed by atoms with Gasteiger partial charge in [0, 0.05) is 0 Å². The molecule has 1 aromatic rings. The molecule has 0 unspecified atom stereocenters. The number of methoxy groups -OCH3 is 1. The summed E-state index contributed by atoms with van der Waals surface area (Å²) in [5.41, 5.74) is 0. The maximum atomic E-state index is 7.50. The van der Waals surface area contributed by atoms with E-state index in [1.54, 1.807) is 18.4 Å². The van der Waals surface area contributed by atoms with E-state index in [-0.39, 0.29) is 0 Å². The van der Waals surface area contributed by atoms with Crippen molar-refractivity contribution in [2.75, 3.05) is 7.11 Å². The molecule has 0 saturated heterocycles. The molecule has 0 radical (unpaired) electrons. The first-order chi connectivity index (χ1) is 10.3. The normalized spacial score (nSPS) is 6.05. The Balaban J connectivity index is -0.0000000727. The summed E-state index contributed by atoms with van der Waals surface area (Å²) < 4.78 is 43.2. The van der Waals surface area contributed by atoms with E-state index < -0.39 is 0 Å². The Labute approximate surface area is 135 Å². The standard InChI is InChI=1S/C8H8OS.5CO.Cr/c1-9-6-2-4-8-5-3-7-10-8;5*1-2;/h2-5,7H,1H3;;;;;;/b4-2+;;;;;;. The number of ether oxygens (including phenoxy) is 1. The molecule has 1 rings (SSSR count). The van der Waals surface area contributed by atoms with E-state index in [0.717, 1.165) is 4.57 Å². The predicted molar refractivity (Wildman–Crippen MR) is 65.0 cm³/mol. The van der Waals surface area contributed by atoms with Crippen molar-refractivity contribution < 1.29 is 43.8 Å². The Morgan fingerprint density at radius 2 is 1.48 bits per heavy atom. The van der Waals surface area contributed by atoms with Gasteiger partial charge >= 0.3 is 135 Å². The molecule has 0 spiro atoms. The van der Waals surface area contributed by atoms with E-state index in [0.29, 0.717) is 0 Å². The topological polar surface area (TPSA) is 109 Å². The number of hydrogen-bond donors (Lipinski definition) is 0. The zero-order valence-corrected chi connectivity index (χ0v) is 12.7. The average molecular weight is 344 g/mol. The Hall–Kier alpha value is -1.50. The van der Waals surface area contributed by atoms with Crippen LogP contribution in [0.2, 0.25) is 0 Å². The third kappa shape index (κ3) is 32.2. The molecule has 0 aliphatic heterocycles. The van der Waals surface area contributed by atoms with Crippen LogP contribution in [0.1, 0.15) is 4.88 Å². The Kier molecular flexibility index (Phi) is 64.8. The molecular weight excluding hydrogens is 336 g/mol. The summed E-state index contributed by atoms with van der Waals surface area (Å²) in [7, 11) is 1.64. The molecule has 1 heterocycles. The quantitative estimate of drug-likeness (QED) is 0.606. The summed E-state index contributed by atoms with van der Waals surface area (Å²) in [5, 5.41) is 2.05. The van der Waals surface area contributed by atoms with Gasteiger partial charge < -0.3 is 0 Å². The second kappa shape index (κ2) is 42.8. The van der Waals surface area contributed by atoms with Crippen molar-refractivity contribution in [1.82, 2.24) is 0 Å². The molecular formula is C13H8CrO6S. The van der Waals surface area contributed by atoms with Gasteiger partial charge in [-0.05, 0) is 0 Å². The van der Waals surface area contributed by atoms with Gasteiger partial charge in [-0.25, -0.2) is 0 Å². The molecule has 6 nitrogen and oxygen atoms in total. The van der Waals surface area contributed by atoms with Crippen molar-refractivity contribution in [2.24, 2.45) is 0 Å². The van der Waals surface area contributed by atoms with Crippen molar-refractivity contribution in [3.63, 3.8) is 0 Å². The van der Waals surface area contributed by atoms with Gasteiger partial charge in [-0.1, -0.05) is 0 Å². The van der Waals surface area contributed by atoms with Crippen LogP contribution in [0.5, 0.6) is 0 Å². The Morgan fingerprint density at radius 1 is 1.05 bits per heavy atom. The third-order valence-corrected chi connectivity index (χ3v) is 2.44. The van der Waals surface area contributed by atoms with E-state index in [1.165, 1.54) is 4.88 Å². The minimum absolute atomic E-state index is 0.804. The van der Waals surface area contributed by atoms with Crippen LogP contribution < -0.4 is 0 Å². The molecule has 0 aliphatic carbocycles. The third-order valence-electron chi connectivity index (χ3n) is 1.13. The van der Waals surface area contributed by atoms with Crippen LogP contribution in [0.25, 0.3) is 6.08 Å². The fraction of sp³-hybridized carbons (Fsp3) is 0.0769. The number of rotatable bonds is 3. The van der Waals surface area contributed by atoms with Gasteiger partial charge in [-0.2, -0.15) is 0 Å². The van der Waals surface area contributed by atoms with Gasteiger partial charge in [0.05, 0.1) is 0 Å². The first-order valence-electron chi connectivity index (χ1n) is 4.14. The molecule has 0 fully saturated rings. The molecule has 0 amide bonds. The van der Waals surface area contributed by atoms with E-state index in [1.807, 2.05) is 23.6 Å². The SMILES string of the molecule is CO[C](=[Cr])/C=C/c1cccs1.[C-]#[O+].[C-]#[O+].[C-]#[O+].[C-]#[O+].[C-]#[O+]. The van der Waals surface area contributed by atoms with Crippen LogP contribution in [-0.4, -0.2) is 11.7 Å². The van der Waals surface area contributed by atoms with Gasteiger partial charge in [-0.3, -0.25) is 0 Å². The van der Waals surface area contributed by atoms with Crippen LogP contribution in [-0.2, 0) is 43.8 Å². The van der Waals surface area contributed by atoms with Crippen molar-refractivity contribution in [2.45, 2.75) is 0 Å². The fourth-order valence-electron chi connectivity index (χ4n) is 0.604. The molecule has 108 valence electrons. The molecule has 1 aromatic heterocycles. The van der Waals surface area contributed by atoms with Gasteiger partial charge in [0.15, 0.2) is 0 Å². The first-order valence-corrected chi connectivity index (χ1v) is 5.66. The zero-order chi connectivity index (χ0) is 18.1. The molecule has 0 N–H and O–H groups in total. The van der Waals surface area contributed by atoms with Gasteiger partial charge in [0.2, 0.25) is 0 Å². The van der Waals surface area contributed by atoms with Crippen LogP contribution in [0.4, 0.5) is 0 Å². The van der Waals surface area contributed by atoms with Crippen molar-refractivity contribution in [1.29, 1.82) is 0 Å². The molecule has 8 heteroatoms. The van der Waals surface area contributed by atoms with Gasteiger partial charge in [0.1, 0.15) is 0 Å². The van der Waals surface area contributed by atoms with Crippen LogP contribution in [0.15, 0.2) is 23.6 Å². The van der Waals surface area contributed by atoms with Crippen molar-refractivity contribution in [3.8, 4) is 0 Å². The minimum atomic E-state index is 0.804. The van der Waals surface area contributed by atoms with Gasteiger partial charge in [-0.15, -0.1) is 0 Å². The second-order valence-corrected chi connectivity index (χ2v) is 3.48. The van der Waals surface area contributed by atoms with E-state index in [4.69, 9.17) is 28.0 Å². The molecule has 0 bridgehead atoms. The summed E-state index contributed by atoms with van der Waals surface area (Å²) in [5.74, 6) is 0. The Bertz CT molecular complexity index is 405. The average Bonchev–Trinajstić information content (AvgIpc) is 3.15.